The molecule has 0 amide bonds. The number of aromatic nitrogens is 2. The molecule has 0 saturated heterocycles. The zero-order valence-electron chi connectivity index (χ0n) is 10.8. The third-order valence-corrected chi connectivity index (χ3v) is 2.73. The average molecular weight is 276 g/mol. The summed E-state index contributed by atoms with van der Waals surface area (Å²) < 4.78 is 1.33. The Bertz CT molecular complexity index is 693. The molecule has 0 aliphatic carbocycles. The summed E-state index contributed by atoms with van der Waals surface area (Å²) in [6.45, 7) is 1.65. The molecular weight excluding hydrogens is 264 g/mol. The van der Waals surface area contributed by atoms with Gasteiger partial charge in [-0.2, -0.15) is 0 Å². The van der Waals surface area contributed by atoms with Crippen molar-refractivity contribution < 1.29 is 14.8 Å². The van der Waals surface area contributed by atoms with Gasteiger partial charge >= 0.3 is 11.7 Å². The predicted molar refractivity (Wildman–Crippen MR) is 71.3 cm³/mol. The molecule has 2 N–H and O–H groups in total. The monoisotopic (exact) mass is 276 g/mol. The van der Waals surface area contributed by atoms with E-state index in [1.807, 2.05) is 0 Å². The summed E-state index contributed by atoms with van der Waals surface area (Å²) in [4.78, 5) is 21.2. The van der Waals surface area contributed by atoms with E-state index in [1.54, 1.807) is 20.0 Å². The van der Waals surface area contributed by atoms with Crippen LogP contribution in [0.2, 0.25) is 0 Å². The highest BCUT2D eigenvalue weighted by molar-refractivity contribution is 5.90. The number of benzene rings is 1. The number of hydrogen-bond donors (Lipinski definition) is 2. The smallest absolute Gasteiger partial charge is 0.335 e. The fraction of sp³-hybridized carbons (Fsp3) is 0.167. The topological polar surface area (TPSA) is 110 Å². The van der Waals surface area contributed by atoms with Gasteiger partial charge in [0.15, 0.2) is 0 Å². The lowest BCUT2D eigenvalue weighted by Gasteiger charge is -2.06. The van der Waals surface area contributed by atoms with Crippen molar-refractivity contribution in [3.63, 3.8) is 0 Å². The summed E-state index contributed by atoms with van der Waals surface area (Å²) in [5.74, 6) is -0.905. The summed E-state index contributed by atoms with van der Waals surface area (Å²) in [7, 11) is 1.58. The van der Waals surface area contributed by atoms with Gasteiger partial charge in [0, 0.05) is 12.7 Å². The summed E-state index contributed by atoms with van der Waals surface area (Å²) in [6.07, 6.45) is 1.29. The molecule has 0 aliphatic heterocycles. The molecule has 0 bridgehead atoms. The van der Waals surface area contributed by atoms with Crippen LogP contribution in [0.3, 0.4) is 0 Å². The van der Waals surface area contributed by atoms with Crippen molar-refractivity contribution in [2.24, 2.45) is 7.05 Å². The van der Waals surface area contributed by atoms with E-state index in [2.05, 4.69) is 10.4 Å². The number of nitrogens with one attached hydrogen (secondary N) is 1. The predicted octanol–water partition coefficient (Wildman–Crippen LogP) is 2.08. The van der Waals surface area contributed by atoms with E-state index in [0.29, 0.717) is 11.3 Å². The molecule has 2 rings (SSSR count). The number of anilines is 2. The van der Waals surface area contributed by atoms with Crippen LogP contribution in [-0.4, -0.2) is 25.8 Å². The molecule has 8 heteroatoms. The van der Waals surface area contributed by atoms with Crippen LogP contribution in [0.15, 0.2) is 24.4 Å². The molecule has 0 aliphatic rings. The third kappa shape index (κ3) is 2.58. The number of carbonyl (C=O) groups is 1. The molecule has 0 saturated carbocycles. The van der Waals surface area contributed by atoms with Gasteiger partial charge in [-0.1, -0.05) is 0 Å². The normalized spacial score (nSPS) is 10.3. The zero-order chi connectivity index (χ0) is 14.9. The Morgan fingerprint density at radius 1 is 1.50 bits per heavy atom. The highest BCUT2D eigenvalue weighted by atomic mass is 16.6. The van der Waals surface area contributed by atoms with Gasteiger partial charge in [0.1, 0.15) is 6.20 Å². The molecule has 0 spiro atoms. The van der Waals surface area contributed by atoms with Crippen molar-refractivity contribution in [3.05, 3.63) is 45.6 Å². The molecule has 1 heterocycles. The van der Waals surface area contributed by atoms with Crippen molar-refractivity contribution in [1.29, 1.82) is 0 Å². The van der Waals surface area contributed by atoms with Crippen LogP contribution >= 0.6 is 0 Å². The minimum absolute atomic E-state index is 0.111. The maximum absolute atomic E-state index is 10.9. The van der Waals surface area contributed by atoms with Crippen LogP contribution in [0.5, 0.6) is 0 Å². The first-order valence-electron chi connectivity index (χ1n) is 5.67. The van der Waals surface area contributed by atoms with Gasteiger partial charge in [-0.25, -0.2) is 4.79 Å². The lowest BCUT2D eigenvalue weighted by Crippen LogP contribution is -2.01. The molecule has 2 aromatic rings. The molecule has 20 heavy (non-hydrogen) atoms. The summed E-state index contributed by atoms with van der Waals surface area (Å²) in [5, 5.41) is 26.6. The van der Waals surface area contributed by atoms with Gasteiger partial charge in [0.2, 0.25) is 5.82 Å². The summed E-state index contributed by atoms with van der Waals surface area (Å²) >= 11 is 0. The Morgan fingerprint density at radius 2 is 2.20 bits per heavy atom. The van der Waals surface area contributed by atoms with E-state index in [-0.39, 0.29) is 17.1 Å². The quantitative estimate of drug-likeness (QED) is 0.653. The second-order valence-electron chi connectivity index (χ2n) is 4.25. The van der Waals surface area contributed by atoms with E-state index >= 15 is 0 Å². The Morgan fingerprint density at radius 3 is 2.75 bits per heavy atom. The van der Waals surface area contributed by atoms with Crippen molar-refractivity contribution >= 4 is 23.2 Å². The van der Waals surface area contributed by atoms with Crippen LogP contribution in [0.25, 0.3) is 0 Å². The molecular formula is C12H12N4O4. The molecule has 8 nitrogen and oxygen atoms in total. The van der Waals surface area contributed by atoms with Crippen molar-refractivity contribution in [2.45, 2.75) is 6.92 Å². The van der Waals surface area contributed by atoms with Crippen molar-refractivity contribution in [3.8, 4) is 0 Å². The van der Waals surface area contributed by atoms with Crippen LogP contribution in [-0.2, 0) is 7.05 Å². The van der Waals surface area contributed by atoms with Gasteiger partial charge in [-0.15, -0.1) is 5.10 Å². The number of nitrogens with zero attached hydrogens (tertiary/aromatic N) is 3. The first-order valence-corrected chi connectivity index (χ1v) is 5.67. The van der Waals surface area contributed by atoms with Gasteiger partial charge in [0.05, 0.1) is 10.5 Å². The molecule has 0 unspecified atom stereocenters. The SMILES string of the molecule is Cc1cc(Nc2nn(C)cc2[N+](=O)[O-])ccc1C(=O)O. The van der Waals surface area contributed by atoms with Crippen molar-refractivity contribution in [1.82, 2.24) is 9.78 Å². The summed E-state index contributed by atoms with van der Waals surface area (Å²) in [6, 6.07) is 4.57. The minimum Gasteiger partial charge on any atom is -0.478 e. The highest BCUT2D eigenvalue weighted by Crippen LogP contribution is 2.26. The molecule has 1 aromatic heterocycles. The third-order valence-electron chi connectivity index (χ3n) is 2.73. The van der Waals surface area contributed by atoms with E-state index < -0.39 is 10.9 Å². The van der Waals surface area contributed by atoms with Gasteiger partial charge in [0.25, 0.3) is 0 Å². The zero-order valence-corrected chi connectivity index (χ0v) is 10.8. The number of rotatable bonds is 4. The fourth-order valence-corrected chi connectivity index (χ4v) is 1.82. The second kappa shape index (κ2) is 5.00. The Labute approximate surface area is 113 Å². The molecule has 0 fully saturated rings. The van der Waals surface area contributed by atoms with Gasteiger partial charge in [-0.3, -0.25) is 14.8 Å². The van der Waals surface area contributed by atoms with E-state index in [9.17, 15) is 14.9 Å². The first-order chi connectivity index (χ1) is 9.38. The van der Waals surface area contributed by atoms with Crippen molar-refractivity contribution in [2.75, 3.05) is 5.32 Å². The largest absolute Gasteiger partial charge is 0.478 e. The van der Waals surface area contributed by atoms with Gasteiger partial charge in [-0.05, 0) is 30.7 Å². The maximum Gasteiger partial charge on any atom is 0.335 e. The van der Waals surface area contributed by atoms with E-state index in [1.165, 1.54) is 23.0 Å². The standard InChI is InChI=1S/C12H12N4O4/c1-7-5-8(3-4-9(7)12(17)18)13-11-10(16(19)20)6-15(2)14-11/h3-6H,1-2H3,(H,13,14)(H,17,18). The first kappa shape index (κ1) is 13.5. The Kier molecular flexibility index (Phi) is 3.38. The Hall–Kier alpha value is -2.90. The van der Waals surface area contributed by atoms with E-state index in [0.717, 1.165) is 0 Å². The fourth-order valence-electron chi connectivity index (χ4n) is 1.82. The van der Waals surface area contributed by atoms with Gasteiger partial charge < -0.3 is 10.4 Å². The van der Waals surface area contributed by atoms with Crippen LogP contribution in [0.4, 0.5) is 17.2 Å². The Balaban J connectivity index is 2.33. The summed E-state index contributed by atoms with van der Waals surface area (Å²) in [5.41, 5.74) is 1.13. The lowest BCUT2D eigenvalue weighted by molar-refractivity contribution is -0.384. The maximum atomic E-state index is 10.9. The molecule has 1 aromatic carbocycles. The average Bonchev–Trinajstić information content (AvgIpc) is 2.70. The highest BCUT2D eigenvalue weighted by Gasteiger charge is 2.18. The number of carboxylic acid groups (broad SMARTS) is 1. The number of carboxylic acids is 1. The minimum atomic E-state index is -1.02. The molecule has 0 radical (unpaired) electrons. The van der Waals surface area contributed by atoms with Crippen LogP contribution < -0.4 is 5.32 Å². The molecule has 104 valence electrons. The number of aryl methyl sites for hydroxylation is 2. The number of aromatic carboxylic acids is 1. The number of nitro groups is 1. The van der Waals surface area contributed by atoms with Crippen LogP contribution in [0, 0.1) is 17.0 Å². The van der Waals surface area contributed by atoms with E-state index in [4.69, 9.17) is 5.11 Å². The second-order valence-corrected chi connectivity index (χ2v) is 4.25. The number of hydrogen-bond acceptors (Lipinski definition) is 5. The lowest BCUT2D eigenvalue weighted by atomic mass is 10.1. The molecule has 0 atom stereocenters. The van der Waals surface area contributed by atoms with Crippen LogP contribution in [0.1, 0.15) is 15.9 Å².